The number of nitriles is 1. The molecule has 0 unspecified atom stereocenters. The number of amides is 1. The number of benzene rings is 2. The summed E-state index contributed by atoms with van der Waals surface area (Å²) in [5, 5.41) is 13.8. The molecule has 0 heterocycles. The lowest BCUT2D eigenvalue weighted by atomic mass is 9.88. The highest BCUT2D eigenvalue weighted by atomic mass is 35.5. The van der Waals surface area contributed by atoms with Gasteiger partial charge in [0.1, 0.15) is 0 Å². The van der Waals surface area contributed by atoms with Gasteiger partial charge in [-0.05, 0) is 54.7 Å². The van der Waals surface area contributed by atoms with E-state index in [0.29, 0.717) is 15.7 Å². The molecule has 2 aromatic carbocycles. The standard InChI is InChI=1S/C22H22Cl2N2O/c1-14-11-18(19(13-25)15-7-9-17(23)10-8-15)20(24)12-21(14)26-22(27)16-5-3-2-4-6-16/h7-12,16,19H,2-6H2,1H3,(H,26,27)/t19-/m1/s1. The van der Waals surface area contributed by atoms with Crippen LogP contribution in [0.4, 0.5) is 5.69 Å². The van der Waals surface area contributed by atoms with Crippen molar-refractivity contribution in [1.29, 1.82) is 5.26 Å². The Balaban J connectivity index is 1.84. The van der Waals surface area contributed by atoms with E-state index >= 15 is 0 Å². The van der Waals surface area contributed by atoms with Crippen molar-refractivity contribution in [3.63, 3.8) is 0 Å². The van der Waals surface area contributed by atoms with E-state index < -0.39 is 5.92 Å². The first kappa shape index (κ1) is 19.7. The number of halogens is 2. The van der Waals surface area contributed by atoms with Crippen LogP contribution in [0.25, 0.3) is 0 Å². The smallest absolute Gasteiger partial charge is 0.227 e. The normalized spacial score (nSPS) is 15.8. The number of carbonyl (C=O) groups is 1. The first-order valence-corrected chi connectivity index (χ1v) is 10.0. The minimum atomic E-state index is -0.489. The molecule has 3 rings (SSSR count). The molecule has 0 bridgehead atoms. The number of carbonyl (C=O) groups excluding carboxylic acids is 1. The first-order chi connectivity index (χ1) is 13.0. The van der Waals surface area contributed by atoms with Gasteiger partial charge < -0.3 is 5.32 Å². The maximum absolute atomic E-state index is 12.5. The number of aryl methyl sites for hydroxylation is 1. The van der Waals surface area contributed by atoms with Crippen LogP contribution < -0.4 is 5.32 Å². The zero-order valence-corrected chi connectivity index (χ0v) is 16.8. The van der Waals surface area contributed by atoms with E-state index in [1.54, 1.807) is 18.2 Å². The Hall–Kier alpha value is -2.02. The summed E-state index contributed by atoms with van der Waals surface area (Å²) in [6.45, 7) is 1.92. The van der Waals surface area contributed by atoms with Crippen LogP contribution in [0.3, 0.4) is 0 Å². The highest BCUT2D eigenvalue weighted by molar-refractivity contribution is 6.32. The van der Waals surface area contributed by atoms with E-state index in [2.05, 4.69) is 11.4 Å². The van der Waals surface area contributed by atoms with Crippen molar-refractivity contribution in [3.05, 3.63) is 63.1 Å². The fourth-order valence-corrected chi connectivity index (χ4v) is 4.04. The van der Waals surface area contributed by atoms with Crippen molar-refractivity contribution in [2.24, 2.45) is 5.92 Å². The third kappa shape index (κ3) is 4.64. The maximum Gasteiger partial charge on any atom is 0.227 e. The Morgan fingerprint density at radius 1 is 1.15 bits per heavy atom. The Labute approximate surface area is 170 Å². The summed E-state index contributed by atoms with van der Waals surface area (Å²) in [5.74, 6) is -0.342. The topological polar surface area (TPSA) is 52.9 Å². The van der Waals surface area contributed by atoms with Crippen LogP contribution in [-0.2, 0) is 4.79 Å². The summed E-state index contributed by atoms with van der Waals surface area (Å²) in [6.07, 6.45) is 5.33. The largest absolute Gasteiger partial charge is 0.326 e. The molecule has 1 aliphatic carbocycles. The fourth-order valence-electron chi connectivity index (χ4n) is 3.64. The number of nitrogens with one attached hydrogen (secondary N) is 1. The minimum Gasteiger partial charge on any atom is -0.326 e. The Morgan fingerprint density at radius 2 is 1.81 bits per heavy atom. The van der Waals surface area contributed by atoms with E-state index in [1.165, 1.54) is 6.42 Å². The van der Waals surface area contributed by atoms with Gasteiger partial charge >= 0.3 is 0 Å². The third-order valence-corrected chi connectivity index (χ3v) is 5.80. The van der Waals surface area contributed by atoms with Gasteiger partial charge in [0.2, 0.25) is 5.91 Å². The van der Waals surface area contributed by atoms with Crippen molar-refractivity contribution in [2.45, 2.75) is 44.9 Å². The summed E-state index contributed by atoms with van der Waals surface area (Å²) in [5.41, 5.74) is 3.18. The van der Waals surface area contributed by atoms with Crippen LogP contribution in [-0.4, -0.2) is 5.91 Å². The number of hydrogen-bond acceptors (Lipinski definition) is 2. The summed E-state index contributed by atoms with van der Waals surface area (Å²) in [7, 11) is 0. The molecule has 0 aromatic heterocycles. The highest BCUT2D eigenvalue weighted by Crippen LogP contribution is 2.35. The molecule has 2 aromatic rings. The number of hydrogen-bond donors (Lipinski definition) is 1. The molecule has 0 saturated heterocycles. The van der Waals surface area contributed by atoms with Crippen molar-refractivity contribution in [2.75, 3.05) is 5.32 Å². The number of nitrogens with zero attached hydrogens (tertiary/aromatic N) is 1. The van der Waals surface area contributed by atoms with E-state index in [4.69, 9.17) is 23.2 Å². The summed E-state index contributed by atoms with van der Waals surface area (Å²) < 4.78 is 0. The van der Waals surface area contributed by atoms with Gasteiger partial charge in [0, 0.05) is 21.7 Å². The van der Waals surface area contributed by atoms with Gasteiger partial charge in [-0.15, -0.1) is 0 Å². The Bertz CT molecular complexity index is 865. The minimum absolute atomic E-state index is 0.0659. The van der Waals surface area contributed by atoms with E-state index in [0.717, 1.165) is 42.4 Å². The highest BCUT2D eigenvalue weighted by Gasteiger charge is 2.23. The average Bonchev–Trinajstić information content (AvgIpc) is 2.68. The molecule has 3 nitrogen and oxygen atoms in total. The number of rotatable bonds is 4. The molecule has 0 radical (unpaired) electrons. The average molecular weight is 401 g/mol. The van der Waals surface area contributed by atoms with Gasteiger partial charge in [0.05, 0.1) is 12.0 Å². The molecule has 0 aliphatic heterocycles. The van der Waals surface area contributed by atoms with Gasteiger partial charge in [0.15, 0.2) is 0 Å². The molecule has 27 heavy (non-hydrogen) atoms. The Morgan fingerprint density at radius 3 is 2.44 bits per heavy atom. The van der Waals surface area contributed by atoms with Crippen LogP contribution in [0.5, 0.6) is 0 Å². The second-order valence-electron chi connectivity index (χ2n) is 7.13. The van der Waals surface area contributed by atoms with Crippen LogP contribution in [0.15, 0.2) is 36.4 Å². The second-order valence-corrected chi connectivity index (χ2v) is 7.97. The summed E-state index contributed by atoms with van der Waals surface area (Å²) in [4.78, 5) is 12.5. The first-order valence-electron chi connectivity index (χ1n) is 9.25. The van der Waals surface area contributed by atoms with E-state index in [1.807, 2.05) is 25.1 Å². The molecule has 0 spiro atoms. The fraction of sp³-hybridized carbons (Fsp3) is 0.364. The van der Waals surface area contributed by atoms with Crippen LogP contribution >= 0.6 is 23.2 Å². The van der Waals surface area contributed by atoms with Gasteiger partial charge in [-0.2, -0.15) is 5.26 Å². The van der Waals surface area contributed by atoms with Gasteiger partial charge in [-0.25, -0.2) is 0 Å². The van der Waals surface area contributed by atoms with Crippen LogP contribution in [0, 0.1) is 24.2 Å². The molecular weight excluding hydrogens is 379 g/mol. The molecule has 1 fully saturated rings. The Kier molecular flexibility index (Phi) is 6.42. The molecule has 1 atom stereocenters. The third-order valence-electron chi connectivity index (χ3n) is 5.22. The zero-order valence-electron chi connectivity index (χ0n) is 15.3. The zero-order chi connectivity index (χ0) is 19.4. The lowest BCUT2D eigenvalue weighted by Crippen LogP contribution is -2.25. The van der Waals surface area contributed by atoms with Gasteiger partial charge in [0.25, 0.3) is 0 Å². The van der Waals surface area contributed by atoms with Crippen LogP contribution in [0.1, 0.15) is 54.7 Å². The van der Waals surface area contributed by atoms with Gasteiger partial charge in [-0.1, -0.05) is 60.7 Å². The predicted octanol–water partition coefficient (Wildman–Crippen LogP) is 6.48. The number of anilines is 1. The lowest BCUT2D eigenvalue weighted by molar-refractivity contribution is -0.120. The molecule has 1 N–H and O–H groups in total. The lowest BCUT2D eigenvalue weighted by Gasteiger charge is -2.22. The van der Waals surface area contributed by atoms with Crippen molar-refractivity contribution in [3.8, 4) is 6.07 Å². The molecule has 1 amide bonds. The quantitative estimate of drug-likeness (QED) is 0.638. The summed E-state index contributed by atoms with van der Waals surface area (Å²) >= 11 is 12.4. The van der Waals surface area contributed by atoms with Gasteiger partial charge in [-0.3, -0.25) is 4.79 Å². The second kappa shape index (κ2) is 8.78. The van der Waals surface area contributed by atoms with E-state index in [9.17, 15) is 10.1 Å². The molecule has 1 saturated carbocycles. The van der Waals surface area contributed by atoms with Crippen molar-refractivity contribution >= 4 is 34.8 Å². The SMILES string of the molecule is Cc1cc([C@H](C#N)c2ccc(Cl)cc2)c(Cl)cc1NC(=O)C1CCCCC1. The molecule has 5 heteroatoms. The predicted molar refractivity (Wildman–Crippen MR) is 110 cm³/mol. The van der Waals surface area contributed by atoms with E-state index in [-0.39, 0.29) is 11.8 Å². The van der Waals surface area contributed by atoms with Crippen molar-refractivity contribution in [1.82, 2.24) is 0 Å². The molecule has 1 aliphatic rings. The van der Waals surface area contributed by atoms with Crippen molar-refractivity contribution < 1.29 is 4.79 Å². The summed E-state index contributed by atoms with van der Waals surface area (Å²) in [6, 6.07) is 13.2. The molecule has 140 valence electrons. The maximum atomic E-state index is 12.5. The monoisotopic (exact) mass is 400 g/mol. The molecular formula is C22H22Cl2N2O. The van der Waals surface area contributed by atoms with Crippen LogP contribution in [0.2, 0.25) is 10.0 Å².